The van der Waals surface area contributed by atoms with Crippen molar-refractivity contribution in [3.8, 4) is 0 Å². The van der Waals surface area contributed by atoms with E-state index in [0.29, 0.717) is 11.3 Å². The van der Waals surface area contributed by atoms with Crippen LogP contribution >= 0.6 is 12.2 Å². The van der Waals surface area contributed by atoms with Gasteiger partial charge >= 0.3 is 0 Å². The average Bonchev–Trinajstić information content (AvgIpc) is 2.65. The van der Waals surface area contributed by atoms with Gasteiger partial charge in [-0.3, -0.25) is 20.4 Å². The summed E-state index contributed by atoms with van der Waals surface area (Å²) in [6, 6.07) is 15.1. The van der Waals surface area contributed by atoms with Crippen LogP contribution in [0.2, 0.25) is 0 Å². The normalized spacial score (nSPS) is 11.0. The molecule has 0 unspecified atom stereocenters. The number of benzene rings is 2. The molecule has 0 atom stereocenters. The number of hydrazine groups is 1. The Bertz CT molecular complexity index is 895. The van der Waals surface area contributed by atoms with Crippen molar-refractivity contribution >= 4 is 45.0 Å². The number of hydrogen-bond acceptors (Lipinski definition) is 4. The topological polar surface area (TPSA) is 99.3 Å². The average molecular weight is 390 g/mol. The number of hydrogen-bond donors (Lipinski definition) is 4. The largest absolute Gasteiger partial charge is 0.364 e. The van der Waals surface area contributed by atoms with Gasteiger partial charge in [-0.1, -0.05) is 30.3 Å². The SMILES string of the molecule is CNC(=S)NNC(=O)c1ccc(NS(=O)(=O)/C=C/c2ccccc2)cc1. The van der Waals surface area contributed by atoms with Crippen LogP contribution in [0.3, 0.4) is 0 Å². The third-order valence-corrected chi connectivity index (χ3v) is 4.48. The van der Waals surface area contributed by atoms with E-state index in [2.05, 4.69) is 20.9 Å². The van der Waals surface area contributed by atoms with Crippen molar-refractivity contribution in [3.63, 3.8) is 0 Å². The second-order valence-corrected chi connectivity index (χ2v) is 7.07. The van der Waals surface area contributed by atoms with Crippen molar-refractivity contribution in [2.24, 2.45) is 0 Å². The molecule has 0 radical (unpaired) electrons. The standard InChI is InChI=1S/C17H18N4O3S2/c1-18-17(25)20-19-16(22)14-7-9-15(10-8-14)21-26(23,24)12-11-13-5-3-2-4-6-13/h2-12,21H,1H3,(H,19,22)(H2,18,20,25)/b12-11+. The zero-order valence-corrected chi connectivity index (χ0v) is 15.5. The molecular formula is C17H18N4O3S2. The molecular weight excluding hydrogens is 372 g/mol. The lowest BCUT2D eigenvalue weighted by atomic mass is 10.2. The Morgan fingerprint density at radius 2 is 1.65 bits per heavy atom. The summed E-state index contributed by atoms with van der Waals surface area (Å²) in [4.78, 5) is 11.9. The van der Waals surface area contributed by atoms with Crippen molar-refractivity contribution < 1.29 is 13.2 Å². The molecule has 2 rings (SSSR count). The first-order valence-electron chi connectivity index (χ1n) is 7.54. The summed E-state index contributed by atoms with van der Waals surface area (Å²) in [6.45, 7) is 0. The highest BCUT2D eigenvalue weighted by molar-refractivity contribution is 7.95. The van der Waals surface area contributed by atoms with Gasteiger partial charge in [0.15, 0.2) is 5.11 Å². The van der Waals surface area contributed by atoms with Crippen LogP contribution in [0.5, 0.6) is 0 Å². The fraction of sp³-hybridized carbons (Fsp3) is 0.0588. The minimum absolute atomic E-state index is 0.271. The van der Waals surface area contributed by atoms with E-state index >= 15 is 0 Å². The predicted octanol–water partition coefficient (Wildman–Crippen LogP) is 1.84. The van der Waals surface area contributed by atoms with E-state index in [4.69, 9.17) is 12.2 Å². The van der Waals surface area contributed by atoms with Crippen LogP contribution in [0.15, 0.2) is 60.0 Å². The van der Waals surface area contributed by atoms with Crippen LogP contribution in [-0.4, -0.2) is 26.5 Å². The molecule has 0 aromatic heterocycles. The second-order valence-electron chi connectivity index (χ2n) is 5.10. The minimum atomic E-state index is -3.66. The van der Waals surface area contributed by atoms with Gasteiger partial charge in [0.1, 0.15) is 0 Å². The molecule has 0 aliphatic carbocycles. The minimum Gasteiger partial charge on any atom is -0.364 e. The molecule has 136 valence electrons. The monoisotopic (exact) mass is 390 g/mol. The smallest absolute Gasteiger partial charge is 0.269 e. The number of rotatable bonds is 5. The van der Waals surface area contributed by atoms with Gasteiger partial charge in [-0.2, -0.15) is 0 Å². The van der Waals surface area contributed by atoms with Gasteiger partial charge < -0.3 is 5.32 Å². The van der Waals surface area contributed by atoms with Gasteiger partial charge in [0, 0.05) is 18.3 Å². The molecule has 0 saturated carbocycles. The lowest BCUT2D eigenvalue weighted by Gasteiger charge is -2.09. The Hall–Kier alpha value is -2.91. The van der Waals surface area contributed by atoms with Gasteiger partial charge in [0.2, 0.25) is 0 Å². The molecule has 0 spiro atoms. The van der Waals surface area contributed by atoms with Gasteiger partial charge in [-0.05, 0) is 48.1 Å². The maximum absolute atomic E-state index is 12.1. The van der Waals surface area contributed by atoms with Crippen molar-refractivity contribution in [1.29, 1.82) is 0 Å². The van der Waals surface area contributed by atoms with E-state index in [1.165, 1.54) is 30.3 Å². The summed E-state index contributed by atoms with van der Waals surface area (Å²) < 4.78 is 26.6. The van der Waals surface area contributed by atoms with Crippen LogP contribution < -0.4 is 20.9 Å². The van der Waals surface area contributed by atoms with Gasteiger partial charge in [0.25, 0.3) is 15.9 Å². The molecule has 2 aromatic carbocycles. The van der Waals surface area contributed by atoms with Crippen LogP contribution in [0.1, 0.15) is 15.9 Å². The molecule has 0 fully saturated rings. The van der Waals surface area contributed by atoms with Crippen LogP contribution in [-0.2, 0) is 10.0 Å². The molecule has 9 heteroatoms. The number of nitrogens with one attached hydrogen (secondary N) is 4. The summed E-state index contributed by atoms with van der Waals surface area (Å²) in [5, 5.41) is 4.01. The van der Waals surface area contributed by atoms with E-state index in [1.54, 1.807) is 19.2 Å². The van der Waals surface area contributed by atoms with E-state index in [-0.39, 0.29) is 5.11 Å². The summed E-state index contributed by atoms with van der Waals surface area (Å²) in [7, 11) is -2.04. The molecule has 4 N–H and O–H groups in total. The third-order valence-electron chi connectivity index (χ3n) is 3.16. The molecule has 0 heterocycles. The fourth-order valence-electron chi connectivity index (χ4n) is 1.87. The molecule has 0 aliphatic rings. The number of sulfonamides is 1. The zero-order valence-electron chi connectivity index (χ0n) is 13.9. The lowest BCUT2D eigenvalue weighted by molar-refractivity contribution is 0.0944. The van der Waals surface area contributed by atoms with Crippen molar-refractivity contribution in [2.45, 2.75) is 0 Å². The highest BCUT2D eigenvalue weighted by atomic mass is 32.2. The molecule has 0 bridgehead atoms. The Labute approximate surface area is 157 Å². The molecule has 0 aliphatic heterocycles. The first kappa shape index (κ1) is 19.4. The second kappa shape index (κ2) is 8.97. The zero-order chi connectivity index (χ0) is 19.0. The van der Waals surface area contributed by atoms with Crippen LogP contribution in [0, 0.1) is 0 Å². The third kappa shape index (κ3) is 6.19. The fourth-order valence-corrected chi connectivity index (χ4v) is 2.79. The Kier molecular flexibility index (Phi) is 6.70. The van der Waals surface area contributed by atoms with Crippen LogP contribution in [0.25, 0.3) is 6.08 Å². The van der Waals surface area contributed by atoms with Gasteiger partial charge in [-0.25, -0.2) is 8.42 Å². The van der Waals surface area contributed by atoms with E-state index in [9.17, 15) is 13.2 Å². The summed E-state index contributed by atoms with van der Waals surface area (Å²) in [6.07, 6.45) is 1.50. The number of amides is 1. The van der Waals surface area contributed by atoms with E-state index in [1.807, 2.05) is 18.2 Å². The van der Waals surface area contributed by atoms with Gasteiger partial charge in [0.05, 0.1) is 5.41 Å². The quantitative estimate of drug-likeness (QED) is 0.459. The van der Waals surface area contributed by atoms with E-state index < -0.39 is 15.9 Å². The van der Waals surface area contributed by atoms with E-state index in [0.717, 1.165) is 11.0 Å². The first-order valence-corrected chi connectivity index (χ1v) is 9.49. The number of thiocarbonyl (C=S) groups is 1. The Morgan fingerprint density at radius 1 is 1.00 bits per heavy atom. The summed E-state index contributed by atoms with van der Waals surface area (Å²) in [5.74, 6) is -0.402. The molecule has 26 heavy (non-hydrogen) atoms. The number of carbonyl (C=O) groups excluding carboxylic acids is 1. The highest BCUT2D eigenvalue weighted by Gasteiger charge is 2.08. The van der Waals surface area contributed by atoms with Crippen molar-refractivity contribution in [1.82, 2.24) is 16.2 Å². The van der Waals surface area contributed by atoms with Crippen molar-refractivity contribution in [3.05, 3.63) is 71.1 Å². The summed E-state index contributed by atoms with van der Waals surface area (Å²) >= 11 is 4.84. The Morgan fingerprint density at radius 3 is 2.27 bits per heavy atom. The van der Waals surface area contributed by atoms with Gasteiger partial charge in [-0.15, -0.1) is 0 Å². The van der Waals surface area contributed by atoms with Crippen LogP contribution in [0.4, 0.5) is 5.69 Å². The predicted molar refractivity (Wildman–Crippen MR) is 107 cm³/mol. The maximum Gasteiger partial charge on any atom is 0.269 e. The molecule has 7 nitrogen and oxygen atoms in total. The first-order chi connectivity index (χ1) is 12.4. The molecule has 1 amide bonds. The number of anilines is 1. The summed E-state index contributed by atoms with van der Waals surface area (Å²) in [5.41, 5.74) is 6.40. The molecule has 0 saturated heterocycles. The van der Waals surface area contributed by atoms with Crippen molar-refractivity contribution in [2.75, 3.05) is 11.8 Å². The lowest BCUT2D eigenvalue weighted by Crippen LogP contribution is -2.45. The Balaban J connectivity index is 1.98. The number of carbonyl (C=O) groups is 1. The molecule has 2 aromatic rings. The maximum atomic E-state index is 12.1. The highest BCUT2D eigenvalue weighted by Crippen LogP contribution is 2.13.